The summed E-state index contributed by atoms with van der Waals surface area (Å²) in [6.07, 6.45) is -3.19. The molecule has 0 amide bonds. The number of aromatic nitrogens is 1. The number of primary sulfonamides is 1. The van der Waals surface area contributed by atoms with Gasteiger partial charge >= 0.3 is 0 Å². The van der Waals surface area contributed by atoms with E-state index < -0.39 is 43.3 Å². The molecule has 11 heteroatoms. The highest BCUT2D eigenvalue weighted by Gasteiger charge is 2.31. The van der Waals surface area contributed by atoms with E-state index in [9.17, 15) is 27.3 Å². The Hall–Kier alpha value is -2.19. The van der Waals surface area contributed by atoms with E-state index in [1.807, 2.05) is 0 Å². The van der Waals surface area contributed by atoms with E-state index >= 15 is 0 Å². The minimum absolute atomic E-state index is 0.269. The van der Waals surface area contributed by atoms with Crippen molar-refractivity contribution < 1.29 is 22.1 Å². The number of rotatable bonds is 3. The molecule has 8 nitrogen and oxygen atoms in total. The Balaban J connectivity index is 3.81. The highest BCUT2D eigenvalue weighted by atomic mass is 32.2. The molecule has 0 saturated heterocycles. The molecule has 0 spiro atoms. The Morgan fingerprint density at radius 3 is 2.44 bits per heavy atom. The minimum Gasteiger partial charge on any atom is -0.258 e. The molecular formula is C7H4F2N4O4S. The molecule has 0 radical (unpaired) electrons. The quantitative estimate of drug-likeness (QED) is 0.628. The van der Waals surface area contributed by atoms with Gasteiger partial charge in [-0.2, -0.15) is 5.26 Å². The number of sulfonamides is 1. The second kappa shape index (κ2) is 4.59. The molecule has 0 atom stereocenters. The number of nitrogens with two attached hydrogens (primary N) is 1. The largest absolute Gasteiger partial charge is 0.294 e. The van der Waals surface area contributed by atoms with Crippen molar-refractivity contribution >= 4 is 15.7 Å². The standard InChI is InChI=1S/C7H4F2N4O4S/c8-7(9)3-1-5(13(14)15)6(18(11,16)17)4(2-10)12-3/h1,7H,(H2,11,16,17). The molecule has 0 aromatic carbocycles. The van der Waals surface area contributed by atoms with E-state index in [0.29, 0.717) is 0 Å². The predicted octanol–water partition coefficient (Wildman–Crippen LogP) is 0.446. The molecule has 0 unspecified atom stereocenters. The van der Waals surface area contributed by atoms with Gasteiger partial charge in [-0.1, -0.05) is 0 Å². The van der Waals surface area contributed by atoms with Gasteiger partial charge in [-0.05, 0) is 0 Å². The number of hydrogen-bond acceptors (Lipinski definition) is 6. The molecular weight excluding hydrogens is 274 g/mol. The highest BCUT2D eigenvalue weighted by molar-refractivity contribution is 7.89. The first kappa shape index (κ1) is 13.9. The van der Waals surface area contributed by atoms with Gasteiger partial charge < -0.3 is 0 Å². The molecule has 96 valence electrons. The molecule has 0 aliphatic heterocycles. The van der Waals surface area contributed by atoms with Crippen LogP contribution in [0.2, 0.25) is 0 Å². The van der Waals surface area contributed by atoms with Crippen molar-refractivity contribution in [3.63, 3.8) is 0 Å². The summed E-state index contributed by atoms with van der Waals surface area (Å²) >= 11 is 0. The Labute approximate surface area is 98.9 Å². The average Bonchev–Trinajstić information content (AvgIpc) is 2.25. The molecule has 1 aromatic rings. The maximum absolute atomic E-state index is 12.4. The van der Waals surface area contributed by atoms with Crippen molar-refractivity contribution in [2.45, 2.75) is 11.3 Å². The van der Waals surface area contributed by atoms with Gasteiger partial charge in [-0.25, -0.2) is 27.3 Å². The summed E-state index contributed by atoms with van der Waals surface area (Å²) in [5.41, 5.74) is -3.33. The number of alkyl halides is 2. The zero-order chi connectivity index (χ0) is 14.1. The van der Waals surface area contributed by atoms with Crippen molar-refractivity contribution in [2.24, 2.45) is 5.14 Å². The highest BCUT2D eigenvalue weighted by Crippen LogP contribution is 2.29. The second-order valence-electron chi connectivity index (χ2n) is 2.96. The summed E-state index contributed by atoms with van der Waals surface area (Å²) in [5, 5.41) is 23.9. The molecule has 0 aliphatic carbocycles. The Morgan fingerprint density at radius 1 is 1.56 bits per heavy atom. The van der Waals surface area contributed by atoms with Crippen LogP contribution in [0.1, 0.15) is 17.8 Å². The van der Waals surface area contributed by atoms with Gasteiger partial charge in [-0.15, -0.1) is 0 Å². The average molecular weight is 278 g/mol. The summed E-state index contributed by atoms with van der Waals surface area (Å²) < 4.78 is 47.0. The van der Waals surface area contributed by atoms with E-state index in [1.54, 1.807) is 0 Å². The van der Waals surface area contributed by atoms with Gasteiger partial charge in [0.05, 0.1) is 4.92 Å². The van der Waals surface area contributed by atoms with Crippen molar-refractivity contribution in [1.82, 2.24) is 4.98 Å². The summed E-state index contributed by atoms with van der Waals surface area (Å²) in [6.45, 7) is 0. The molecule has 0 fully saturated rings. The van der Waals surface area contributed by atoms with Gasteiger partial charge in [0.2, 0.25) is 10.0 Å². The van der Waals surface area contributed by atoms with Crippen LogP contribution < -0.4 is 5.14 Å². The first-order valence-corrected chi connectivity index (χ1v) is 5.63. The fourth-order valence-corrected chi connectivity index (χ4v) is 1.93. The monoisotopic (exact) mass is 278 g/mol. The number of hydrogen-bond donors (Lipinski definition) is 1. The normalized spacial score (nSPS) is 11.3. The topological polar surface area (TPSA) is 140 Å². The lowest BCUT2D eigenvalue weighted by molar-refractivity contribution is -0.388. The maximum atomic E-state index is 12.4. The van der Waals surface area contributed by atoms with E-state index in [4.69, 9.17) is 5.26 Å². The van der Waals surface area contributed by atoms with Crippen molar-refractivity contribution in [1.29, 1.82) is 5.26 Å². The van der Waals surface area contributed by atoms with Gasteiger partial charge in [0, 0.05) is 6.07 Å². The lowest BCUT2D eigenvalue weighted by Crippen LogP contribution is -2.17. The number of nitro groups is 1. The SMILES string of the molecule is N#Cc1nc(C(F)F)cc([N+](=O)[O-])c1S(N)(=O)=O. The molecule has 1 heterocycles. The van der Waals surface area contributed by atoms with Gasteiger partial charge in [0.15, 0.2) is 10.6 Å². The van der Waals surface area contributed by atoms with Crippen LogP contribution in [0.3, 0.4) is 0 Å². The van der Waals surface area contributed by atoms with Crippen molar-refractivity contribution in [3.05, 3.63) is 27.6 Å². The summed E-state index contributed by atoms with van der Waals surface area (Å²) in [4.78, 5) is 11.2. The van der Waals surface area contributed by atoms with Crippen LogP contribution in [0.4, 0.5) is 14.5 Å². The molecule has 0 saturated carbocycles. The fourth-order valence-electron chi connectivity index (χ4n) is 1.14. The fraction of sp³-hybridized carbons (Fsp3) is 0.143. The molecule has 1 aromatic heterocycles. The third-order valence-electron chi connectivity index (χ3n) is 1.78. The zero-order valence-corrected chi connectivity index (χ0v) is 9.19. The van der Waals surface area contributed by atoms with E-state index in [1.165, 1.54) is 6.07 Å². The van der Waals surface area contributed by atoms with Gasteiger partial charge in [0.1, 0.15) is 11.8 Å². The third-order valence-corrected chi connectivity index (χ3v) is 2.76. The van der Waals surface area contributed by atoms with Crippen LogP contribution in [0.5, 0.6) is 0 Å². The summed E-state index contributed by atoms with van der Waals surface area (Å²) in [6, 6.07) is 1.45. The van der Waals surface area contributed by atoms with Crippen LogP contribution >= 0.6 is 0 Å². The van der Waals surface area contributed by atoms with Crippen molar-refractivity contribution in [3.8, 4) is 6.07 Å². The molecule has 0 bridgehead atoms. The van der Waals surface area contributed by atoms with E-state index in [-0.39, 0.29) is 6.07 Å². The second-order valence-corrected chi connectivity index (χ2v) is 4.46. The van der Waals surface area contributed by atoms with Crippen molar-refractivity contribution in [2.75, 3.05) is 0 Å². The Morgan fingerprint density at radius 2 is 2.11 bits per heavy atom. The van der Waals surface area contributed by atoms with Gasteiger partial charge in [-0.3, -0.25) is 10.1 Å². The minimum atomic E-state index is -4.64. The summed E-state index contributed by atoms with van der Waals surface area (Å²) in [5.74, 6) is 0. The van der Waals surface area contributed by atoms with E-state index in [2.05, 4.69) is 10.1 Å². The number of pyridine rings is 1. The lowest BCUT2D eigenvalue weighted by atomic mass is 10.2. The molecule has 2 N–H and O–H groups in total. The first-order chi connectivity index (χ1) is 8.18. The number of halogens is 2. The molecule has 1 rings (SSSR count). The predicted molar refractivity (Wildman–Crippen MR) is 51.9 cm³/mol. The molecule has 18 heavy (non-hydrogen) atoms. The molecule has 0 aliphatic rings. The van der Waals surface area contributed by atoms with Gasteiger partial charge in [0.25, 0.3) is 12.1 Å². The number of nitrogens with zero attached hydrogens (tertiary/aromatic N) is 3. The van der Waals surface area contributed by atoms with Crippen LogP contribution in [0, 0.1) is 21.4 Å². The van der Waals surface area contributed by atoms with Crippen LogP contribution in [0.15, 0.2) is 11.0 Å². The number of nitriles is 1. The maximum Gasteiger partial charge on any atom is 0.294 e. The Bertz CT molecular complexity index is 652. The van der Waals surface area contributed by atoms with E-state index in [0.717, 1.165) is 0 Å². The summed E-state index contributed by atoms with van der Waals surface area (Å²) in [7, 11) is -4.64. The van der Waals surface area contributed by atoms with Crippen LogP contribution in [-0.2, 0) is 10.0 Å². The smallest absolute Gasteiger partial charge is 0.258 e. The zero-order valence-electron chi connectivity index (χ0n) is 8.37. The lowest BCUT2D eigenvalue weighted by Gasteiger charge is -2.05. The Kier molecular flexibility index (Phi) is 3.54. The third kappa shape index (κ3) is 2.55. The van der Waals surface area contributed by atoms with Crippen LogP contribution in [-0.4, -0.2) is 18.3 Å². The van der Waals surface area contributed by atoms with Crippen LogP contribution in [0.25, 0.3) is 0 Å². The first-order valence-electron chi connectivity index (χ1n) is 4.09.